The second-order valence-electron chi connectivity index (χ2n) is 7.61. The first-order valence-electron chi connectivity index (χ1n) is 10.4. The number of rotatable bonds is 5. The van der Waals surface area contributed by atoms with Crippen molar-refractivity contribution < 1.29 is 23.8 Å². The van der Waals surface area contributed by atoms with E-state index in [9.17, 15) is 19.1 Å². The Morgan fingerprint density at radius 1 is 1.09 bits per heavy atom. The molecule has 0 radical (unpaired) electrons. The molecule has 4 rings (SSSR count). The van der Waals surface area contributed by atoms with Crippen LogP contribution in [0.4, 0.5) is 10.1 Å². The van der Waals surface area contributed by atoms with Crippen LogP contribution in [-0.2, 0) is 9.59 Å². The monoisotopic (exact) mass is 465 g/mol. The minimum absolute atomic E-state index is 0.0883. The Morgan fingerprint density at radius 3 is 2.48 bits per heavy atom. The standard InChI is InChI=1S/C26H21ClFNO4/c1-3-33-20-6-4-5-16(14-20)23-22(24(30)17-7-12-21(28)15(2)13-17)25(31)26(32)29(23)19-10-8-18(27)9-11-19/h4-14,23,30H,3H2,1-2H3/b24-22-. The minimum Gasteiger partial charge on any atom is -0.507 e. The van der Waals surface area contributed by atoms with Gasteiger partial charge in [-0.3, -0.25) is 14.5 Å². The summed E-state index contributed by atoms with van der Waals surface area (Å²) in [5.41, 5.74) is 1.49. The van der Waals surface area contributed by atoms with Gasteiger partial charge in [0.2, 0.25) is 0 Å². The number of aliphatic hydroxyl groups excluding tert-OH is 1. The number of amides is 1. The Morgan fingerprint density at radius 2 is 1.82 bits per heavy atom. The minimum atomic E-state index is -0.919. The summed E-state index contributed by atoms with van der Waals surface area (Å²) < 4.78 is 19.4. The number of ether oxygens (including phenoxy) is 1. The highest BCUT2D eigenvalue weighted by Crippen LogP contribution is 2.43. The number of ketones is 1. The van der Waals surface area contributed by atoms with E-state index < -0.39 is 23.5 Å². The van der Waals surface area contributed by atoms with Gasteiger partial charge in [-0.15, -0.1) is 0 Å². The number of aryl methyl sites for hydroxylation is 1. The van der Waals surface area contributed by atoms with Crippen LogP contribution < -0.4 is 9.64 Å². The van der Waals surface area contributed by atoms with Crippen molar-refractivity contribution >= 4 is 34.7 Å². The lowest BCUT2D eigenvalue weighted by Crippen LogP contribution is -2.29. The molecule has 1 saturated heterocycles. The van der Waals surface area contributed by atoms with Gasteiger partial charge in [0.05, 0.1) is 18.2 Å². The molecule has 0 bridgehead atoms. The number of carbonyl (C=O) groups excluding carboxylic acids is 2. The average Bonchev–Trinajstić information content (AvgIpc) is 3.07. The Kier molecular flexibility index (Phi) is 6.20. The molecule has 5 nitrogen and oxygen atoms in total. The molecular weight excluding hydrogens is 445 g/mol. The van der Waals surface area contributed by atoms with Crippen molar-refractivity contribution in [1.29, 1.82) is 0 Å². The lowest BCUT2D eigenvalue weighted by atomic mass is 9.94. The Bertz CT molecular complexity index is 1270. The molecule has 0 spiro atoms. The average molecular weight is 466 g/mol. The van der Waals surface area contributed by atoms with E-state index in [4.69, 9.17) is 16.3 Å². The summed E-state index contributed by atoms with van der Waals surface area (Å²) in [6.45, 7) is 3.85. The number of hydrogen-bond donors (Lipinski definition) is 1. The number of benzene rings is 3. The second-order valence-corrected chi connectivity index (χ2v) is 8.05. The third-order valence-electron chi connectivity index (χ3n) is 5.47. The van der Waals surface area contributed by atoms with Gasteiger partial charge < -0.3 is 9.84 Å². The number of aliphatic hydroxyl groups is 1. The molecule has 1 fully saturated rings. The highest BCUT2D eigenvalue weighted by Gasteiger charge is 2.47. The molecule has 33 heavy (non-hydrogen) atoms. The summed E-state index contributed by atoms with van der Waals surface area (Å²) in [7, 11) is 0. The number of carbonyl (C=O) groups is 2. The van der Waals surface area contributed by atoms with Crippen molar-refractivity contribution in [3.63, 3.8) is 0 Å². The summed E-state index contributed by atoms with van der Waals surface area (Å²) in [5.74, 6) is -1.87. The molecule has 0 aliphatic carbocycles. The van der Waals surface area contributed by atoms with Gasteiger partial charge in [0.1, 0.15) is 17.3 Å². The highest BCUT2D eigenvalue weighted by molar-refractivity contribution is 6.51. The molecular formula is C26H21ClFNO4. The smallest absolute Gasteiger partial charge is 0.300 e. The van der Waals surface area contributed by atoms with Crippen molar-refractivity contribution in [1.82, 2.24) is 0 Å². The van der Waals surface area contributed by atoms with Gasteiger partial charge >= 0.3 is 0 Å². The fraction of sp³-hybridized carbons (Fsp3) is 0.154. The summed E-state index contributed by atoms with van der Waals surface area (Å²) in [6.07, 6.45) is 0. The van der Waals surface area contributed by atoms with Crippen LogP contribution in [0, 0.1) is 12.7 Å². The molecule has 0 aromatic heterocycles. The van der Waals surface area contributed by atoms with Gasteiger partial charge in [-0.05, 0) is 79.6 Å². The summed E-state index contributed by atoms with van der Waals surface area (Å²) in [6, 6.07) is 16.6. The van der Waals surface area contributed by atoms with Gasteiger partial charge in [-0.1, -0.05) is 23.7 Å². The van der Waals surface area contributed by atoms with Crippen molar-refractivity contribution in [2.24, 2.45) is 0 Å². The highest BCUT2D eigenvalue weighted by atomic mass is 35.5. The molecule has 1 amide bonds. The molecule has 1 heterocycles. The van der Waals surface area contributed by atoms with E-state index in [1.165, 1.54) is 23.1 Å². The first-order chi connectivity index (χ1) is 15.8. The van der Waals surface area contributed by atoms with E-state index in [2.05, 4.69) is 0 Å². The third-order valence-corrected chi connectivity index (χ3v) is 5.72. The SMILES string of the molecule is CCOc1cccc(C2/C(=C(/O)c3ccc(F)c(C)c3)C(=O)C(=O)N2c2ccc(Cl)cc2)c1. The number of halogens is 2. The lowest BCUT2D eigenvalue weighted by Gasteiger charge is -2.26. The van der Waals surface area contributed by atoms with Crippen LogP contribution >= 0.6 is 11.6 Å². The number of nitrogens with zero attached hydrogens (tertiary/aromatic N) is 1. The van der Waals surface area contributed by atoms with Crippen LogP contribution in [0.3, 0.4) is 0 Å². The summed E-state index contributed by atoms with van der Waals surface area (Å²) in [4.78, 5) is 27.7. The normalized spacial score (nSPS) is 17.5. The fourth-order valence-electron chi connectivity index (χ4n) is 3.90. The zero-order valence-electron chi connectivity index (χ0n) is 18.0. The quantitative estimate of drug-likeness (QED) is 0.293. The van der Waals surface area contributed by atoms with Gasteiger partial charge in [0, 0.05) is 16.3 Å². The van der Waals surface area contributed by atoms with Crippen LogP contribution in [0.2, 0.25) is 5.02 Å². The molecule has 0 saturated carbocycles. The first kappa shape index (κ1) is 22.6. The largest absolute Gasteiger partial charge is 0.507 e. The van der Waals surface area contributed by atoms with Gasteiger partial charge in [0.15, 0.2) is 0 Å². The zero-order chi connectivity index (χ0) is 23.7. The molecule has 3 aromatic rings. The zero-order valence-corrected chi connectivity index (χ0v) is 18.8. The molecule has 1 unspecified atom stereocenters. The third kappa shape index (κ3) is 4.22. The van der Waals surface area contributed by atoms with Crippen LogP contribution in [0.5, 0.6) is 5.75 Å². The predicted octanol–water partition coefficient (Wildman–Crippen LogP) is 5.81. The van der Waals surface area contributed by atoms with E-state index in [1.54, 1.807) is 55.5 Å². The topological polar surface area (TPSA) is 66.8 Å². The molecule has 1 aliphatic rings. The fourth-order valence-corrected chi connectivity index (χ4v) is 4.03. The number of hydrogen-bond acceptors (Lipinski definition) is 4. The van der Waals surface area contributed by atoms with E-state index in [-0.39, 0.29) is 16.9 Å². The summed E-state index contributed by atoms with van der Waals surface area (Å²) in [5, 5.41) is 11.6. The Labute approximate surface area is 195 Å². The van der Waals surface area contributed by atoms with Gasteiger partial charge in [0.25, 0.3) is 11.7 Å². The van der Waals surface area contributed by atoms with E-state index >= 15 is 0 Å². The molecule has 1 atom stereocenters. The maximum absolute atomic E-state index is 13.8. The van der Waals surface area contributed by atoms with Gasteiger partial charge in [-0.25, -0.2) is 4.39 Å². The Balaban J connectivity index is 1.94. The van der Waals surface area contributed by atoms with Crippen LogP contribution in [0.25, 0.3) is 5.76 Å². The lowest BCUT2D eigenvalue weighted by molar-refractivity contribution is -0.132. The number of Topliss-reactive ketones (excluding diaryl/α,β-unsaturated/α-hetero) is 1. The van der Waals surface area contributed by atoms with Crippen molar-refractivity contribution in [2.75, 3.05) is 11.5 Å². The van der Waals surface area contributed by atoms with Crippen LogP contribution in [0.1, 0.15) is 29.7 Å². The maximum atomic E-state index is 13.8. The predicted molar refractivity (Wildman–Crippen MR) is 125 cm³/mol. The Hall–Kier alpha value is -3.64. The molecule has 7 heteroatoms. The van der Waals surface area contributed by atoms with Crippen molar-refractivity contribution in [2.45, 2.75) is 19.9 Å². The first-order valence-corrected chi connectivity index (χ1v) is 10.8. The van der Waals surface area contributed by atoms with E-state index in [0.29, 0.717) is 34.2 Å². The summed E-state index contributed by atoms with van der Waals surface area (Å²) >= 11 is 6.01. The molecule has 1 aliphatic heterocycles. The van der Waals surface area contributed by atoms with Crippen molar-refractivity contribution in [3.8, 4) is 5.75 Å². The van der Waals surface area contributed by atoms with Crippen molar-refractivity contribution in [3.05, 3.63) is 99.8 Å². The van der Waals surface area contributed by atoms with Crippen LogP contribution in [-0.4, -0.2) is 23.4 Å². The number of anilines is 1. The maximum Gasteiger partial charge on any atom is 0.300 e. The van der Waals surface area contributed by atoms with E-state index in [0.717, 1.165) is 0 Å². The van der Waals surface area contributed by atoms with E-state index in [1.807, 2.05) is 6.92 Å². The second kappa shape index (κ2) is 9.08. The molecule has 168 valence electrons. The van der Waals surface area contributed by atoms with Gasteiger partial charge in [-0.2, -0.15) is 0 Å². The van der Waals surface area contributed by atoms with Crippen LogP contribution in [0.15, 0.2) is 72.3 Å². The molecule has 1 N–H and O–H groups in total. The molecule has 3 aromatic carbocycles.